The quantitative estimate of drug-likeness (QED) is 0.901. The van der Waals surface area contributed by atoms with E-state index in [2.05, 4.69) is 4.98 Å². The maximum Gasteiger partial charge on any atom is 0.237 e. The predicted molar refractivity (Wildman–Crippen MR) is 75.7 cm³/mol. The van der Waals surface area contributed by atoms with Crippen molar-refractivity contribution in [3.63, 3.8) is 0 Å². The predicted octanol–water partition coefficient (Wildman–Crippen LogP) is 3.12. The van der Waals surface area contributed by atoms with Crippen LogP contribution in [0.3, 0.4) is 0 Å². The lowest BCUT2D eigenvalue weighted by atomic mass is 10.2. The molecule has 0 unspecified atom stereocenters. The van der Waals surface area contributed by atoms with E-state index in [-0.39, 0.29) is 11.4 Å². The van der Waals surface area contributed by atoms with Gasteiger partial charge in [0.05, 0.1) is 18.5 Å². The van der Waals surface area contributed by atoms with E-state index in [4.69, 9.17) is 20.5 Å². The zero-order valence-electron chi connectivity index (χ0n) is 11.2. The fourth-order valence-electron chi connectivity index (χ4n) is 1.60. The molecule has 0 saturated heterocycles. The van der Waals surface area contributed by atoms with Crippen LogP contribution in [0, 0.1) is 11.3 Å². The van der Waals surface area contributed by atoms with E-state index in [1.807, 2.05) is 31.2 Å². The first-order valence-electron chi connectivity index (χ1n) is 6.30. The Hall–Kier alpha value is -2.74. The summed E-state index contributed by atoms with van der Waals surface area (Å²) in [5, 5.41) is 9.07. The summed E-state index contributed by atoms with van der Waals surface area (Å²) in [6, 6.07) is 10.8. The monoisotopic (exact) mass is 269 g/mol. The Kier molecular flexibility index (Phi) is 4.40. The molecule has 0 aliphatic rings. The minimum Gasteiger partial charge on any atom is -0.490 e. The molecule has 0 aliphatic carbocycles. The molecule has 0 fully saturated rings. The summed E-state index contributed by atoms with van der Waals surface area (Å²) < 4.78 is 11.3. The summed E-state index contributed by atoms with van der Waals surface area (Å²) in [7, 11) is 0. The molecule has 1 heterocycles. The van der Waals surface area contributed by atoms with Crippen molar-refractivity contribution in [2.24, 2.45) is 0 Å². The average molecular weight is 269 g/mol. The molecule has 0 aliphatic heterocycles. The highest BCUT2D eigenvalue weighted by Gasteiger charge is 2.10. The van der Waals surface area contributed by atoms with Crippen LogP contribution in [-0.4, -0.2) is 11.6 Å². The van der Waals surface area contributed by atoms with E-state index in [0.29, 0.717) is 23.8 Å². The third kappa shape index (κ3) is 3.18. The molecule has 0 amide bonds. The second kappa shape index (κ2) is 6.43. The summed E-state index contributed by atoms with van der Waals surface area (Å²) in [5.41, 5.74) is 6.31. The fraction of sp³-hybridized carbons (Fsp3) is 0.200. The Morgan fingerprint density at radius 3 is 2.75 bits per heavy atom. The number of hydrogen-bond donors (Lipinski definition) is 1. The number of nitrogens with two attached hydrogens (primary N) is 1. The molecule has 2 rings (SSSR count). The molecule has 5 heteroatoms. The highest BCUT2D eigenvalue weighted by molar-refractivity contribution is 5.51. The van der Waals surface area contributed by atoms with Crippen molar-refractivity contribution in [2.75, 3.05) is 12.3 Å². The molecule has 0 bridgehead atoms. The van der Waals surface area contributed by atoms with Crippen LogP contribution in [0.2, 0.25) is 0 Å². The number of nitrogen functional groups attached to an aromatic ring is 1. The molecule has 1 aromatic heterocycles. The standard InChI is InChI=1S/C15H15N3O2/c1-2-7-19-13-5-3-4-6-14(13)20-15-11(9-16)8-12(17)10-18-15/h3-6,8,10H,2,7,17H2,1H3. The van der Waals surface area contributed by atoms with Crippen molar-refractivity contribution in [1.82, 2.24) is 4.98 Å². The van der Waals surface area contributed by atoms with Crippen molar-refractivity contribution in [2.45, 2.75) is 13.3 Å². The Labute approximate surface area is 117 Å². The van der Waals surface area contributed by atoms with Gasteiger partial charge in [0.1, 0.15) is 11.6 Å². The van der Waals surface area contributed by atoms with Gasteiger partial charge in [0.2, 0.25) is 5.88 Å². The van der Waals surface area contributed by atoms with Crippen molar-refractivity contribution >= 4 is 5.69 Å². The lowest BCUT2D eigenvalue weighted by molar-refractivity contribution is 0.300. The molecule has 20 heavy (non-hydrogen) atoms. The van der Waals surface area contributed by atoms with Crippen LogP contribution in [0.1, 0.15) is 18.9 Å². The summed E-state index contributed by atoms with van der Waals surface area (Å²) in [6.45, 7) is 2.62. The SMILES string of the molecule is CCCOc1ccccc1Oc1ncc(N)cc1C#N. The van der Waals surface area contributed by atoms with Crippen LogP contribution in [0.25, 0.3) is 0 Å². The molecule has 102 valence electrons. The van der Waals surface area contributed by atoms with Crippen LogP contribution < -0.4 is 15.2 Å². The maximum absolute atomic E-state index is 9.07. The van der Waals surface area contributed by atoms with Crippen LogP contribution in [-0.2, 0) is 0 Å². The van der Waals surface area contributed by atoms with E-state index in [1.165, 1.54) is 12.3 Å². The molecule has 0 saturated carbocycles. The lowest BCUT2D eigenvalue weighted by Gasteiger charge is -2.12. The molecule has 0 atom stereocenters. The number of para-hydroxylation sites is 2. The average Bonchev–Trinajstić information content (AvgIpc) is 2.48. The van der Waals surface area contributed by atoms with Crippen LogP contribution in [0.4, 0.5) is 5.69 Å². The highest BCUT2D eigenvalue weighted by Crippen LogP contribution is 2.32. The number of anilines is 1. The summed E-state index contributed by atoms with van der Waals surface area (Å²) in [5.74, 6) is 1.36. The third-order valence-electron chi connectivity index (χ3n) is 2.51. The molecular formula is C15H15N3O2. The van der Waals surface area contributed by atoms with Crippen LogP contribution in [0.5, 0.6) is 17.4 Å². The number of nitrogens with zero attached hydrogens (tertiary/aromatic N) is 2. The number of benzene rings is 1. The van der Waals surface area contributed by atoms with Gasteiger partial charge in [0.25, 0.3) is 0 Å². The zero-order valence-corrected chi connectivity index (χ0v) is 11.2. The number of hydrogen-bond acceptors (Lipinski definition) is 5. The third-order valence-corrected chi connectivity index (χ3v) is 2.51. The van der Waals surface area contributed by atoms with Crippen LogP contribution in [0.15, 0.2) is 36.5 Å². The van der Waals surface area contributed by atoms with Crippen molar-refractivity contribution < 1.29 is 9.47 Å². The van der Waals surface area contributed by atoms with Crippen LogP contribution >= 0.6 is 0 Å². The van der Waals surface area contributed by atoms with E-state index < -0.39 is 0 Å². The number of aromatic nitrogens is 1. The smallest absolute Gasteiger partial charge is 0.237 e. The molecule has 0 radical (unpaired) electrons. The maximum atomic E-state index is 9.07. The molecule has 2 N–H and O–H groups in total. The second-order valence-electron chi connectivity index (χ2n) is 4.13. The van der Waals surface area contributed by atoms with Crippen molar-refractivity contribution in [1.29, 1.82) is 5.26 Å². The van der Waals surface area contributed by atoms with E-state index in [0.717, 1.165) is 6.42 Å². The van der Waals surface area contributed by atoms with E-state index >= 15 is 0 Å². The summed E-state index contributed by atoms with van der Waals surface area (Å²) in [6.07, 6.45) is 2.35. The van der Waals surface area contributed by atoms with Gasteiger partial charge in [-0.1, -0.05) is 19.1 Å². The number of pyridine rings is 1. The van der Waals surface area contributed by atoms with E-state index in [1.54, 1.807) is 6.07 Å². The van der Waals surface area contributed by atoms with Gasteiger partial charge in [-0.25, -0.2) is 4.98 Å². The van der Waals surface area contributed by atoms with Gasteiger partial charge in [-0.3, -0.25) is 0 Å². The molecule has 0 spiro atoms. The van der Waals surface area contributed by atoms with Gasteiger partial charge in [-0.05, 0) is 24.6 Å². The zero-order chi connectivity index (χ0) is 14.4. The molecular weight excluding hydrogens is 254 g/mol. The van der Waals surface area contributed by atoms with Gasteiger partial charge >= 0.3 is 0 Å². The normalized spacial score (nSPS) is 9.80. The lowest BCUT2D eigenvalue weighted by Crippen LogP contribution is -1.99. The highest BCUT2D eigenvalue weighted by atomic mass is 16.5. The Bertz CT molecular complexity index is 635. The summed E-state index contributed by atoms with van der Waals surface area (Å²) in [4.78, 5) is 4.04. The molecule has 2 aromatic rings. The molecule has 5 nitrogen and oxygen atoms in total. The number of ether oxygens (including phenoxy) is 2. The number of nitriles is 1. The largest absolute Gasteiger partial charge is 0.490 e. The van der Waals surface area contributed by atoms with Gasteiger partial charge in [0.15, 0.2) is 11.5 Å². The van der Waals surface area contributed by atoms with Gasteiger partial charge < -0.3 is 15.2 Å². The Morgan fingerprint density at radius 2 is 2.05 bits per heavy atom. The van der Waals surface area contributed by atoms with Gasteiger partial charge in [-0.2, -0.15) is 5.26 Å². The van der Waals surface area contributed by atoms with E-state index in [9.17, 15) is 0 Å². The summed E-state index contributed by atoms with van der Waals surface area (Å²) >= 11 is 0. The first-order valence-corrected chi connectivity index (χ1v) is 6.30. The topological polar surface area (TPSA) is 81.2 Å². The Balaban J connectivity index is 2.28. The number of rotatable bonds is 5. The first kappa shape index (κ1) is 13.7. The van der Waals surface area contributed by atoms with Crippen molar-refractivity contribution in [3.05, 3.63) is 42.1 Å². The fourth-order valence-corrected chi connectivity index (χ4v) is 1.60. The minimum atomic E-state index is 0.217. The second-order valence-corrected chi connectivity index (χ2v) is 4.13. The Morgan fingerprint density at radius 1 is 1.30 bits per heavy atom. The van der Waals surface area contributed by atoms with Gasteiger partial charge in [0, 0.05) is 0 Å². The van der Waals surface area contributed by atoms with Gasteiger partial charge in [-0.15, -0.1) is 0 Å². The minimum absolute atomic E-state index is 0.217. The first-order chi connectivity index (χ1) is 9.74. The van der Waals surface area contributed by atoms with Crippen molar-refractivity contribution in [3.8, 4) is 23.4 Å². The molecule has 1 aromatic carbocycles.